The quantitative estimate of drug-likeness (QED) is 0.634. The number of aromatic amines is 1. The standard InChI is InChI=1S/C22H29N3O3/c1-6-25(13-10-16-23-15-9-7-8-14(2)17(15)24-16)18(26)22-12-11-21(5,20(22,3)4)28-19(22)27/h7-9H,6,10-13H2,1-5H3,(H,23,24)/t21-,22+/m1/s1. The van der Waals surface area contributed by atoms with Gasteiger partial charge in [0.15, 0.2) is 5.41 Å². The predicted octanol–water partition coefficient (Wildman–Crippen LogP) is 3.38. The third-order valence-electron chi connectivity index (χ3n) is 7.45. The summed E-state index contributed by atoms with van der Waals surface area (Å²) in [5.41, 5.74) is 0.964. The van der Waals surface area contributed by atoms with E-state index in [0.29, 0.717) is 25.9 Å². The van der Waals surface area contributed by atoms with Crippen molar-refractivity contribution >= 4 is 22.9 Å². The van der Waals surface area contributed by atoms with Gasteiger partial charge in [0.05, 0.1) is 11.0 Å². The number of esters is 1. The zero-order valence-corrected chi connectivity index (χ0v) is 17.4. The van der Waals surface area contributed by atoms with Gasteiger partial charge in [0.25, 0.3) is 0 Å². The number of likely N-dealkylation sites (N-methyl/N-ethyl adjacent to an activating group) is 1. The Morgan fingerprint density at radius 2 is 2.04 bits per heavy atom. The molecule has 6 heteroatoms. The van der Waals surface area contributed by atoms with E-state index in [1.54, 1.807) is 4.90 Å². The van der Waals surface area contributed by atoms with Gasteiger partial charge in [-0.05, 0) is 45.2 Å². The number of aryl methyl sites for hydroxylation is 1. The van der Waals surface area contributed by atoms with Crippen molar-refractivity contribution in [2.45, 2.75) is 59.5 Å². The van der Waals surface area contributed by atoms with Gasteiger partial charge in [-0.2, -0.15) is 0 Å². The van der Waals surface area contributed by atoms with Crippen LogP contribution < -0.4 is 0 Å². The molecule has 1 aliphatic heterocycles. The minimum atomic E-state index is -1.07. The summed E-state index contributed by atoms with van der Waals surface area (Å²) in [5, 5.41) is 0. The third-order valence-corrected chi connectivity index (χ3v) is 7.45. The molecule has 1 saturated carbocycles. The number of aromatic nitrogens is 2. The molecule has 1 amide bonds. The molecule has 2 aromatic rings. The smallest absolute Gasteiger partial charge is 0.322 e. The molecule has 6 nitrogen and oxygen atoms in total. The molecule has 150 valence electrons. The summed E-state index contributed by atoms with van der Waals surface area (Å²) in [7, 11) is 0. The molecular weight excluding hydrogens is 354 g/mol. The van der Waals surface area contributed by atoms with Crippen LogP contribution in [0.15, 0.2) is 18.2 Å². The summed E-state index contributed by atoms with van der Waals surface area (Å²) < 4.78 is 5.69. The van der Waals surface area contributed by atoms with Crippen LogP contribution in [0.1, 0.15) is 51.9 Å². The van der Waals surface area contributed by atoms with Crippen molar-refractivity contribution < 1.29 is 14.3 Å². The van der Waals surface area contributed by atoms with Crippen LogP contribution in [0.5, 0.6) is 0 Å². The highest BCUT2D eigenvalue weighted by molar-refractivity contribution is 6.06. The van der Waals surface area contributed by atoms with E-state index in [4.69, 9.17) is 9.72 Å². The van der Waals surface area contributed by atoms with Crippen molar-refractivity contribution in [3.8, 4) is 0 Å². The molecule has 2 atom stereocenters. The summed E-state index contributed by atoms with van der Waals surface area (Å²) >= 11 is 0. The van der Waals surface area contributed by atoms with Gasteiger partial charge in [-0.3, -0.25) is 9.59 Å². The Bertz CT molecular complexity index is 963. The molecule has 28 heavy (non-hydrogen) atoms. The number of rotatable bonds is 5. The minimum absolute atomic E-state index is 0.0986. The van der Waals surface area contributed by atoms with E-state index in [-0.39, 0.29) is 11.9 Å². The number of benzene rings is 1. The Kier molecular flexibility index (Phi) is 4.11. The summed E-state index contributed by atoms with van der Waals surface area (Å²) in [5.74, 6) is 0.408. The normalized spacial score (nSPS) is 28.0. The first-order chi connectivity index (χ1) is 13.2. The second-order valence-electron chi connectivity index (χ2n) is 8.94. The summed E-state index contributed by atoms with van der Waals surface area (Å²) in [6, 6.07) is 6.06. The average Bonchev–Trinajstić information content (AvgIpc) is 3.19. The zero-order chi connectivity index (χ0) is 20.3. The Balaban J connectivity index is 1.56. The van der Waals surface area contributed by atoms with Gasteiger partial charge >= 0.3 is 5.97 Å². The van der Waals surface area contributed by atoms with E-state index in [2.05, 4.69) is 4.98 Å². The van der Waals surface area contributed by atoms with E-state index in [1.807, 2.05) is 52.8 Å². The van der Waals surface area contributed by atoms with E-state index in [0.717, 1.165) is 28.8 Å². The van der Waals surface area contributed by atoms with E-state index in [1.165, 1.54) is 0 Å². The van der Waals surface area contributed by atoms with E-state index in [9.17, 15) is 9.59 Å². The van der Waals surface area contributed by atoms with Gasteiger partial charge in [0, 0.05) is 24.9 Å². The molecule has 2 heterocycles. The highest BCUT2D eigenvalue weighted by Gasteiger charge is 2.76. The summed E-state index contributed by atoms with van der Waals surface area (Å²) in [6.07, 6.45) is 1.92. The lowest BCUT2D eigenvalue weighted by Gasteiger charge is -2.37. The van der Waals surface area contributed by atoms with Crippen molar-refractivity contribution in [3.63, 3.8) is 0 Å². The Morgan fingerprint density at radius 3 is 2.61 bits per heavy atom. The van der Waals surface area contributed by atoms with Crippen LogP contribution in [0.3, 0.4) is 0 Å². The Hall–Kier alpha value is -2.37. The van der Waals surface area contributed by atoms with Crippen molar-refractivity contribution in [2.75, 3.05) is 13.1 Å². The molecule has 1 aromatic heterocycles. The largest absolute Gasteiger partial charge is 0.458 e. The number of fused-ring (bicyclic) bond motifs is 3. The number of para-hydroxylation sites is 1. The monoisotopic (exact) mass is 383 g/mol. The molecule has 1 aliphatic carbocycles. The SMILES string of the molecule is CCN(CCc1nc2c(C)cccc2[nH]1)C(=O)[C@@]12CC[C@@](C)(OC1=O)C2(C)C. The molecule has 1 N–H and O–H groups in total. The number of carbonyl (C=O) groups excluding carboxylic acids is 2. The van der Waals surface area contributed by atoms with Crippen LogP contribution in [-0.4, -0.2) is 45.4 Å². The van der Waals surface area contributed by atoms with Gasteiger partial charge in [-0.1, -0.05) is 26.0 Å². The molecular formula is C22H29N3O3. The number of hydrogen-bond donors (Lipinski definition) is 1. The third kappa shape index (κ3) is 2.29. The van der Waals surface area contributed by atoms with Crippen molar-refractivity contribution in [1.82, 2.24) is 14.9 Å². The van der Waals surface area contributed by atoms with Gasteiger partial charge in [-0.25, -0.2) is 4.98 Å². The lowest BCUT2D eigenvalue weighted by Crippen LogP contribution is -2.52. The first kappa shape index (κ1) is 19.0. The van der Waals surface area contributed by atoms with Crippen LogP contribution in [-0.2, 0) is 20.7 Å². The van der Waals surface area contributed by atoms with Crippen LogP contribution in [0.2, 0.25) is 0 Å². The van der Waals surface area contributed by atoms with Crippen LogP contribution in [0, 0.1) is 17.8 Å². The fourth-order valence-corrected chi connectivity index (χ4v) is 5.05. The fourth-order valence-electron chi connectivity index (χ4n) is 5.05. The lowest BCUT2D eigenvalue weighted by molar-refractivity contribution is -0.165. The molecule has 1 aromatic carbocycles. The number of ether oxygens (including phenoxy) is 1. The van der Waals surface area contributed by atoms with Crippen molar-refractivity contribution in [1.29, 1.82) is 0 Å². The van der Waals surface area contributed by atoms with Gasteiger partial charge in [0.2, 0.25) is 5.91 Å². The van der Waals surface area contributed by atoms with Gasteiger partial charge < -0.3 is 14.6 Å². The number of amides is 1. The Labute approximate surface area is 165 Å². The van der Waals surface area contributed by atoms with Gasteiger partial charge in [0.1, 0.15) is 11.4 Å². The van der Waals surface area contributed by atoms with Crippen molar-refractivity contribution in [3.05, 3.63) is 29.6 Å². The van der Waals surface area contributed by atoms with Gasteiger partial charge in [-0.15, -0.1) is 0 Å². The maximum atomic E-state index is 13.6. The molecule has 2 bridgehead atoms. The molecule has 0 radical (unpaired) electrons. The first-order valence-corrected chi connectivity index (χ1v) is 10.1. The number of H-pyrrole nitrogens is 1. The number of nitrogens with one attached hydrogen (secondary N) is 1. The second kappa shape index (κ2) is 6.06. The topological polar surface area (TPSA) is 75.3 Å². The molecule has 4 rings (SSSR count). The Morgan fingerprint density at radius 1 is 1.29 bits per heavy atom. The summed E-state index contributed by atoms with van der Waals surface area (Å²) in [4.78, 5) is 36.2. The van der Waals surface area contributed by atoms with E-state index < -0.39 is 16.4 Å². The minimum Gasteiger partial charge on any atom is -0.458 e. The highest BCUT2D eigenvalue weighted by atomic mass is 16.6. The average molecular weight is 383 g/mol. The maximum absolute atomic E-state index is 13.6. The highest BCUT2D eigenvalue weighted by Crippen LogP contribution is 2.66. The molecule has 2 fully saturated rings. The number of hydrogen-bond acceptors (Lipinski definition) is 4. The maximum Gasteiger partial charge on any atom is 0.322 e. The molecule has 0 unspecified atom stereocenters. The predicted molar refractivity (Wildman–Crippen MR) is 107 cm³/mol. The number of nitrogens with zero attached hydrogens (tertiary/aromatic N) is 2. The number of carbonyl (C=O) groups is 2. The first-order valence-electron chi connectivity index (χ1n) is 10.1. The van der Waals surface area contributed by atoms with E-state index >= 15 is 0 Å². The fraction of sp³-hybridized carbons (Fsp3) is 0.591. The molecule has 1 saturated heterocycles. The van der Waals surface area contributed by atoms with Crippen LogP contribution >= 0.6 is 0 Å². The summed E-state index contributed by atoms with van der Waals surface area (Å²) in [6.45, 7) is 11.0. The van der Waals surface area contributed by atoms with Crippen molar-refractivity contribution in [2.24, 2.45) is 10.8 Å². The molecule has 0 spiro atoms. The lowest BCUT2D eigenvalue weighted by atomic mass is 9.65. The van der Waals surface area contributed by atoms with Crippen LogP contribution in [0.4, 0.5) is 0 Å². The molecule has 2 aliphatic rings. The number of imidazole rings is 1. The van der Waals surface area contributed by atoms with Crippen LogP contribution in [0.25, 0.3) is 11.0 Å². The second-order valence-corrected chi connectivity index (χ2v) is 8.94. The zero-order valence-electron chi connectivity index (χ0n) is 17.4.